The Bertz CT molecular complexity index is 744. The van der Waals surface area contributed by atoms with E-state index in [1.165, 1.54) is 0 Å². The van der Waals surface area contributed by atoms with Crippen molar-refractivity contribution in [1.82, 2.24) is 4.98 Å². The van der Waals surface area contributed by atoms with Gasteiger partial charge in [0, 0.05) is 16.2 Å². The average Bonchev–Trinajstić information content (AvgIpc) is 3.03. The number of rotatable bonds is 4. The molecule has 2 aromatic rings. The van der Waals surface area contributed by atoms with Crippen LogP contribution in [-0.2, 0) is 9.47 Å². The van der Waals surface area contributed by atoms with Crippen molar-refractivity contribution in [2.45, 2.75) is 13.0 Å². The number of hydrogen-bond donors (Lipinski definition) is 0. The molecule has 0 radical (unpaired) electrons. The third-order valence-electron chi connectivity index (χ3n) is 3.44. The monoisotopic (exact) mass is 374 g/mol. The zero-order valence-corrected chi connectivity index (χ0v) is 14.1. The fourth-order valence-electron chi connectivity index (χ4n) is 2.20. The lowest BCUT2D eigenvalue weighted by Crippen LogP contribution is -2.19. The zero-order chi connectivity index (χ0) is 16.2. The Morgan fingerprint density at radius 2 is 2.13 bits per heavy atom. The summed E-state index contributed by atoms with van der Waals surface area (Å²) in [7, 11) is 0. The number of ether oxygens (including phenoxy) is 2. The molecule has 2 heterocycles. The first kappa shape index (κ1) is 15.7. The highest BCUT2D eigenvalue weighted by Gasteiger charge is 2.22. The van der Waals surface area contributed by atoms with Gasteiger partial charge in [-0.05, 0) is 43.3 Å². The lowest BCUT2D eigenvalue weighted by molar-refractivity contribution is 0.0470. The summed E-state index contributed by atoms with van der Waals surface area (Å²) in [4.78, 5) is 20.6. The van der Waals surface area contributed by atoms with Gasteiger partial charge >= 0.3 is 5.97 Å². The maximum Gasteiger partial charge on any atom is 0.340 e. The van der Waals surface area contributed by atoms with Crippen LogP contribution in [0.2, 0.25) is 0 Å². The molecule has 23 heavy (non-hydrogen) atoms. The number of nitrogens with zero attached hydrogens (tertiary/aromatic N) is 2. The molecule has 1 atom stereocenters. The van der Waals surface area contributed by atoms with Crippen LogP contribution in [0.25, 0.3) is 0 Å². The lowest BCUT2D eigenvalue weighted by Gasteiger charge is -2.08. The Hall–Kier alpha value is -2.21. The van der Waals surface area contributed by atoms with E-state index in [1.54, 1.807) is 25.3 Å². The predicted molar refractivity (Wildman–Crippen MR) is 89.7 cm³/mol. The van der Waals surface area contributed by atoms with Crippen molar-refractivity contribution in [3.8, 4) is 0 Å². The van der Waals surface area contributed by atoms with Crippen LogP contribution < -0.4 is 0 Å². The molecule has 5 nitrogen and oxygen atoms in total. The first-order valence-electron chi connectivity index (χ1n) is 7.19. The number of benzene rings is 1. The maximum absolute atomic E-state index is 12.1. The lowest BCUT2D eigenvalue weighted by atomic mass is 10.2. The van der Waals surface area contributed by atoms with E-state index >= 15 is 0 Å². The standard InChI is InChI=1S/C17H15BrN2O3/c1-11-15(3-2-8-19-11)17(21)23-10-14-9-22-16(20-14)12-4-6-13(18)7-5-12/h2-8,14H,9-10H2,1H3/t14-/m0/s1. The molecule has 0 amide bonds. The van der Waals surface area contributed by atoms with Gasteiger partial charge in [-0.3, -0.25) is 4.98 Å². The van der Waals surface area contributed by atoms with Gasteiger partial charge in [0.05, 0.1) is 11.3 Å². The molecule has 1 aromatic carbocycles. The van der Waals surface area contributed by atoms with E-state index < -0.39 is 0 Å². The van der Waals surface area contributed by atoms with E-state index in [1.807, 2.05) is 24.3 Å². The summed E-state index contributed by atoms with van der Waals surface area (Å²) in [6, 6.07) is 10.9. The van der Waals surface area contributed by atoms with Gasteiger partial charge in [0.25, 0.3) is 0 Å². The minimum atomic E-state index is -0.386. The number of aromatic nitrogens is 1. The zero-order valence-electron chi connectivity index (χ0n) is 12.5. The molecule has 6 heteroatoms. The number of pyridine rings is 1. The smallest absolute Gasteiger partial charge is 0.340 e. The van der Waals surface area contributed by atoms with E-state index in [-0.39, 0.29) is 18.6 Å². The molecule has 0 fully saturated rings. The average molecular weight is 375 g/mol. The van der Waals surface area contributed by atoms with Gasteiger partial charge in [-0.25, -0.2) is 9.79 Å². The molecule has 0 aliphatic carbocycles. The summed E-state index contributed by atoms with van der Waals surface area (Å²) >= 11 is 3.39. The summed E-state index contributed by atoms with van der Waals surface area (Å²) in [6.45, 7) is 2.37. The van der Waals surface area contributed by atoms with Gasteiger partial charge in [-0.1, -0.05) is 15.9 Å². The molecule has 0 saturated carbocycles. The fourth-order valence-corrected chi connectivity index (χ4v) is 2.47. The minimum absolute atomic E-state index is 0.186. The molecule has 0 saturated heterocycles. The van der Waals surface area contributed by atoms with E-state index in [4.69, 9.17) is 9.47 Å². The van der Waals surface area contributed by atoms with Gasteiger partial charge in [-0.2, -0.15) is 0 Å². The van der Waals surface area contributed by atoms with Gasteiger partial charge in [0.2, 0.25) is 5.90 Å². The fraction of sp³-hybridized carbons (Fsp3) is 0.235. The Morgan fingerprint density at radius 1 is 1.35 bits per heavy atom. The Labute approximate surface area is 142 Å². The summed E-state index contributed by atoms with van der Waals surface area (Å²) in [6.07, 6.45) is 1.64. The van der Waals surface area contributed by atoms with Crippen LogP contribution in [-0.4, -0.2) is 36.1 Å². The van der Waals surface area contributed by atoms with E-state index in [0.717, 1.165) is 10.0 Å². The largest absolute Gasteiger partial charge is 0.475 e. The van der Waals surface area contributed by atoms with Crippen molar-refractivity contribution in [2.24, 2.45) is 4.99 Å². The molecule has 118 valence electrons. The molecule has 3 rings (SSSR count). The number of halogens is 1. The van der Waals surface area contributed by atoms with Crippen molar-refractivity contribution in [2.75, 3.05) is 13.2 Å². The van der Waals surface area contributed by atoms with Gasteiger partial charge in [-0.15, -0.1) is 0 Å². The second-order valence-electron chi connectivity index (χ2n) is 5.14. The summed E-state index contributed by atoms with van der Waals surface area (Å²) in [5.41, 5.74) is 2.04. The number of esters is 1. The van der Waals surface area contributed by atoms with E-state index in [2.05, 4.69) is 25.9 Å². The molecule has 0 unspecified atom stereocenters. The van der Waals surface area contributed by atoms with Crippen molar-refractivity contribution >= 4 is 27.8 Å². The van der Waals surface area contributed by atoms with Crippen LogP contribution in [0, 0.1) is 6.92 Å². The van der Waals surface area contributed by atoms with Gasteiger partial charge < -0.3 is 9.47 Å². The minimum Gasteiger partial charge on any atom is -0.475 e. The number of aliphatic imine (C=N–C) groups is 1. The SMILES string of the molecule is Cc1ncccc1C(=O)OC[C@@H]1COC(c2ccc(Br)cc2)=N1. The Morgan fingerprint density at radius 3 is 2.87 bits per heavy atom. The molecule has 0 bridgehead atoms. The van der Waals surface area contributed by atoms with Crippen LogP contribution in [0.5, 0.6) is 0 Å². The first-order chi connectivity index (χ1) is 11.1. The van der Waals surface area contributed by atoms with E-state index in [0.29, 0.717) is 23.8 Å². The number of hydrogen-bond acceptors (Lipinski definition) is 5. The van der Waals surface area contributed by atoms with Crippen molar-refractivity contribution in [3.05, 3.63) is 63.9 Å². The summed E-state index contributed by atoms with van der Waals surface area (Å²) in [5.74, 6) is 0.194. The van der Waals surface area contributed by atoms with Crippen LogP contribution in [0.3, 0.4) is 0 Å². The molecular weight excluding hydrogens is 360 g/mol. The van der Waals surface area contributed by atoms with Crippen LogP contribution >= 0.6 is 15.9 Å². The highest BCUT2D eigenvalue weighted by Crippen LogP contribution is 2.16. The molecule has 0 spiro atoms. The highest BCUT2D eigenvalue weighted by atomic mass is 79.9. The molecule has 0 N–H and O–H groups in total. The predicted octanol–water partition coefficient (Wildman–Crippen LogP) is 3.15. The number of carbonyl (C=O) groups is 1. The second-order valence-corrected chi connectivity index (χ2v) is 6.06. The van der Waals surface area contributed by atoms with Crippen LogP contribution in [0.1, 0.15) is 21.6 Å². The van der Waals surface area contributed by atoms with Crippen LogP contribution in [0.4, 0.5) is 0 Å². The van der Waals surface area contributed by atoms with Crippen molar-refractivity contribution in [1.29, 1.82) is 0 Å². The van der Waals surface area contributed by atoms with Crippen molar-refractivity contribution < 1.29 is 14.3 Å². The highest BCUT2D eigenvalue weighted by molar-refractivity contribution is 9.10. The number of carbonyl (C=O) groups excluding carboxylic acids is 1. The molecule has 1 aliphatic rings. The molecule has 1 aromatic heterocycles. The third kappa shape index (κ3) is 3.76. The molecular formula is C17H15BrN2O3. The second kappa shape index (κ2) is 6.91. The first-order valence-corrected chi connectivity index (χ1v) is 7.98. The van der Waals surface area contributed by atoms with Crippen LogP contribution in [0.15, 0.2) is 52.1 Å². The maximum atomic E-state index is 12.1. The Balaban J connectivity index is 1.60. The quantitative estimate of drug-likeness (QED) is 0.771. The normalized spacial score (nSPS) is 16.6. The Kier molecular flexibility index (Phi) is 4.71. The van der Waals surface area contributed by atoms with Crippen molar-refractivity contribution in [3.63, 3.8) is 0 Å². The summed E-state index contributed by atoms with van der Waals surface area (Å²) < 4.78 is 11.9. The third-order valence-corrected chi connectivity index (χ3v) is 3.97. The van der Waals surface area contributed by atoms with E-state index in [9.17, 15) is 4.79 Å². The topological polar surface area (TPSA) is 60.8 Å². The molecule has 1 aliphatic heterocycles. The summed E-state index contributed by atoms with van der Waals surface area (Å²) in [5, 5.41) is 0. The number of aryl methyl sites for hydroxylation is 1. The van der Waals surface area contributed by atoms with Gasteiger partial charge in [0.15, 0.2) is 0 Å². The van der Waals surface area contributed by atoms with Gasteiger partial charge in [0.1, 0.15) is 19.3 Å².